The van der Waals surface area contributed by atoms with Gasteiger partial charge in [0.1, 0.15) is 5.82 Å². The van der Waals surface area contributed by atoms with Crippen molar-refractivity contribution >= 4 is 15.9 Å². The molecule has 1 fully saturated rings. The van der Waals surface area contributed by atoms with E-state index in [2.05, 4.69) is 28.2 Å². The van der Waals surface area contributed by atoms with Gasteiger partial charge >= 0.3 is 0 Å². The van der Waals surface area contributed by atoms with Gasteiger partial charge in [-0.25, -0.2) is 4.39 Å². The maximum Gasteiger partial charge on any atom is 0.137 e. The van der Waals surface area contributed by atoms with Crippen molar-refractivity contribution in [2.45, 2.75) is 57.9 Å². The van der Waals surface area contributed by atoms with Gasteiger partial charge in [0.25, 0.3) is 0 Å². The van der Waals surface area contributed by atoms with Gasteiger partial charge in [0.2, 0.25) is 0 Å². The molecule has 1 aromatic rings. The van der Waals surface area contributed by atoms with Crippen molar-refractivity contribution in [3.63, 3.8) is 0 Å². The molecule has 1 aliphatic carbocycles. The fraction of sp³-hybridized carbons (Fsp3) is 0.647. The number of halogens is 2. The van der Waals surface area contributed by atoms with E-state index in [1.54, 1.807) is 6.07 Å². The molecule has 1 aromatic carbocycles. The smallest absolute Gasteiger partial charge is 0.137 e. The van der Waals surface area contributed by atoms with Crippen LogP contribution in [0, 0.1) is 11.7 Å². The van der Waals surface area contributed by atoms with Gasteiger partial charge in [0, 0.05) is 6.04 Å². The molecule has 1 aliphatic rings. The molecule has 1 N–H and O–H groups in total. The Morgan fingerprint density at radius 2 is 2.05 bits per heavy atom. The minimum atomic E-state index is -0.180. The quantitative estimate of drug-likeness (QED) is 0.760. The second-order valence-corrected chi connectivity index (χ2v) is 6.80. The van der Waals surface area contributed by atoms with Gasteiger partial charge in [-0.3, -0.25) is 0 Å². The van der Waals surface area contributed by atoms with Crippen molar-refractivity contribution in [2.75, 3.05) is 6.54 Å². The van der Waals surface area contributed by atoms with Gasteiger partial charge in [-0.15, -0.1) is 0 Å². The number of rotatable bonds is 6. The van der Waals surface area contributed by atoms with Crippen LogP contribution in [0.5, 0.6) is 0 Å². The zero-order valence-corrected chi connectivity index (χ0v) is 13.9. The minimum absolute atomic E-state index is 0.180. The molecule has 2 rings (SSSR count). The first-order valence-electron chi connectivity index (χ1n) is 7.86. The first-order chi connectivity index (χ1) is 9.69. The number of hydrogen-bond donors (Lipinski definition) is 1. The predicted molar refractivity (Wildman–Crippen MR) is 86.5 cm³/mol. The molecule has 0 bridgehead atoms. The molecule has 0 aromatic heterocycles. The summed E-state index contributed by atoms with van der Waals surface area (Å²) in [5.41, 5.74) is 1.21. The Balaban J connectivity index is 1.94. The molecule has 1 atom stereocenters. The van der Waals surface area contributed by atoms with Crippen LogP contribution >= 0.6 is 15.9 Å². The van der Waals surface area contributed by atoms with Crippen molar-refractivity contribution in [3.8, 4) is 0 Å². The monoisotopic (exact) mass is 341 g/mol. The van der Waals surface area contributed by atoms with Gasteiger partial charge in [-0.1, -0.05) is 45.1 Å². The Bertz CT molecular complexity index is 415. The van der Waals surface area contributed by atoms with Crippen molar-refractivity contribution < 1.29 is 4.39 Å². The summed E-state index contributed by atoms with van der Waals surface area (Å²) in [5, 5.41) is 3.60. The lowest BCUT2D eigenvalue weighted by Crippen LogP contribution is -2.33. The fourth-order valence-electron chi connectivity index (χ4n) is 3.30. The van der Waals surface area contributed by atoms with Gasteiger partial charge in [-0.2, -0.15) is 0 Å². The van der Waals surface area contributed by atoms with Crippen molar-refractivity contribution in [3.05, 3.63) is 34.1 Å². The summed E-state index contributed by atoms with van der Waals surface area (Å²) in [6.07, 6.45) is 9.21. The maximum absolute atomic E-state index is 13.3. The minimum Gasteiger partial charge on any atom is -0.314 e. The van der Waals surface area contributed by atoms with E-state index in [1.807, 2.05) is 12.1 Å². The van der Waals surface area contributed by atoms with E-state index in [0.717, 1.165) is 18.9 Å². The number of benzene rings is 1. The van der Waals surface area contributed by atoms with Gasteiger partial charge in [0.05, 0.1) is 4.47 Å². The summed E-state index contributed by atoms with van der Waals surface area (Å²) in [5.74, 6) is 0.692. The Labute approximate surface area is 130 Å². The highest BCUT2D eigenvalue weighted by Gasteiger charge is 2.19. The average Bonchev–Trinajstić information content (AvgIpc) is 2.44. The Kier molecular flexibility index (Phi) is 6.50. The van der Waals surface area contributed by atoms with E-state index in [-0.39, 0.29) is 5.82 Å². The SMILES string of the molecule is CCNC(Cc1ccc(F)c(Br)c1)CC1CCCCC1. The van der Waals surface area contributed by atoms with Crippen molar-refractivity contribution in [1.29, 1.82) is 0 Å². The van der Waals surface area contributed by atoms with Crippen molar-refractivity contribution in [2.24, 2.45) is 5.92 Å². The molecule has 0 amide bonds. The van der Waals surface area contributed by atoms with Gasteiger partial charge in [0.15, 0.2) is 0 Å². The van der Waals surface area contributed by atoms with Crippen LogP contribution in [0.25, 0.3) is 0 Å². The van der Waals surface area contributed by atoms with E-state index in [0.29, 0.717) is 10.5 Å². The van der Waals surface area contributed by atoms with Crippen LogP contribution in [0.3, 0.4) is 0 Å². The number of likely N-dealkylation sites (N-methyl/N-ethyl adjacent to an activating group) is 1. The predicted octanol–water partition coefficient (Wildman–Crippen LogP) is 5.08. The average molecular weight is 342 g/mol. The third-order valence-electron chi connectivity index (χ3n) is 4.30. The van der Waals surface area contributed by atoms with E-state index >= 15 is 0 Å². The molecule has 3 heteroatoms. The molecule has 0 spiro atoms. The Hall–Kier alpha value is -0.410. The van der Waals surface area contributed by atoms with Gasteiger partial charge in [-0.05, 0) is 58.9 Å². The number of nitrogens with one attached hydrogen (secondary N) is 1. The zero-order chi connectivity index (χ0) is 14.4. The zero-order valence-electron chi connectivity index (χ0n) is 12.3. The fourth-order valence-corrected chi connectivity index (χ4v) is 3.73. The van der Waals surface area contributed by atoms with Gasteiger partial charge < -0.3 is 5.32 Å². The molecule has 1 nitrogen and oxygen atoms in total. The molecule has 112 valence electrons. The highest BCUT2D eigenvalue weighted by atomic mass is 79.9. The lowest BCUT2D eigenvalue weighted by Gasteiger charge is -2.27. The van der Waals surface area contributed by atoms with Crippen molar-refractivity contribution in [1.82, 2.24) is 5.32 Å². The van der Waals surface area contributed by atoms with Crippen LogP contribution in [0.1, 0.15) is 51.0 Å². The third kappa shape index (κ3) is 4.85. The Morgan fingerprint density at radius 1 is 1.30 bits per heavy atom. The molecular weight excluding hydrogens is 317 g/mol. The first kappa shape index (κ1) is 16.0. The van der Waals surface area contributed by atoms with Crippen LogP contribution in [-0.4, -0.2) is 12.6 Å². The summed E-state index contributed by atoms with van der Waals surface area (Å²) in [4.78, 5) is 0. The molecule has 0 saturated heterocycles. The summed E-state index contributed by atoms with van der Waals surface area (Å²) < 4.78 is 13.9. The highest BCUT2D eigenvalue weighted by molar-refractivity contribution is 9.10. The lowest BCUT2D eigenvalue weighted by molar-refractivity contribution is 0.298. The van der Waals surface area contributed by atoms with Crippen LogP contribution in [-0.2, 0) is 6.42 Å². The topological polar surface area (TPSA) is 12.0 Å². The van der Waals surface area contributed by atoms with E-state index in [4.69, 9.17) is 0 Å². The standard InChI is InChI=1S/C17H25BrFN/c1-2-20-15(10-13-6-4-3-5-7-13)11-14-8-9-17(19)16(18)12-14/h8-9,12-13,15,20H,2-7,10-11H2,1H3. The van der Waals surface area contributed by atoms with E-state index < -0.39 is 0 Å². The molecule has 1 unspecified atom stereocenters. The van der Waals surface area contributed by atoms with E-state index in [9.17, 15) is 4.39 Å². The second-order valence-electron chi connectivity index (χ2n) is 5.95. The molecule has 1 saturated carbocycles. The number of hydrogen-bond acceptors (Lipinski definition) is 1. The van der Waals surface area contributed by atoms with Crippen LogP contribution in [0.4, 0.5) is 4.39 Å². The summed E-state index contributed by atoms with van der Waals surface area (Å²) in [6.45, 7) is 3.16. The van der Waals surface area contributed by atoms with E-state index in [1.165, 1.54) is 44.1 Å². The largest absolute Gasteiger partial charge is 0.314 e. The molecule has 20 heavy (non-hydrogen) atoms. The van der Waals surface area contributed by atoms with Crippen LogP contribution in [0.15, 0.2) is 22.7 Å². The summed E-state index contributed by atoms with van der Waals surface area (Å²) in [6, 6.07) is 5.90. The third-order valence-corrected chi connectivity index (χ3v) is 4.91. The summed E-state index contributed by atoms with van der Waals surface area (Å²) >= 11 is 3.28. The molecule has 0 aliphatic heterocycles. The normalized spacial score (nSPS) is 18.1. The molecular formula is C17H25BrFN. The maximum atomic E-state index is 13.3. The molecule has 0 heterocycles. The Morgan fingerprint density at radius 3 is 2.70 bits per heavy atom. The van der Waals surface area contributed by atoms with Crippen LogP contribution < -0.4 is 5.32 Å². The summed E-state index contributed by atoms with van der Waals surface area (Å²) in [7, 11) is 0. The first-order valence-corrected chi connectivity index (χ1v) is 8.65. The lowest BCUT2D eigenvalue weighted by atomic mass is 9.83. The highest BCUT2D eigenvalue weighted by Crippen LogP contribution is 2.28. The van der Waals surface area contributed by atoms with Crippen LogP contribution in [0.2, 0.25) is 0 Å². The second kappa shape index (κ2) is 8.14. The molecule has 0 radical (unpaired) electrons.